The second-order valence-corrected chi connectivity index (χ2v) is 8.73. The maximum absolute atomic E-state index is 13.0. The van der Waals surface area contributed by atoms with Gasteiger partial charge in [-0.25, -0.2) is 14.3 Å². The summed E-state index contributed by atoms with van der Waals surface area (Å²) >= 11 is 0. The predicted octanol–water partition coefficient (Wildman–Crippen LogP) is 3.93. The lowest BCUT2D eigenvalue weighted by Crippen LogP contribution is -2.47. The molecule has 1 atom stereocenters. The number of aromatic nitrogens is 3. The van der Waals surface area contributed by atoms with Gasteiger partial charge in [-0.2, -0.15) is 18.3 Å². The number of ether oxygens (including phenoxy) is 1. The molecule has 10 heteroatoms. The van der Waals surface area contributed by atoms with E-state index in [0.29, 0.717) is 38.2 Å². The number of carbonyl (C=O) groups excluding carboxylic acids is 1. The molecular formula is C21H28F3N5O2. The molecule has 2 aliphatic rings. The van der Waals surface area contributed by atoms with Gasteiger partial charge in [0.15, 0.2) is 5.65 Å². The molecule has 1 aliphatic heterocycles. The number of halogens is 3. The second kappa shape index (κ2) is 8.29. The highest BCUT2D eigenvalue weighted by atomic mass is 19.4. The van der Waals surface area contributed by atoms with Crippen LogP contribution < -0.4 is 0 Å². The minimum absolute atomic E-state index is 0.00690. The molecule has 0 radical (unpaired) electrons. The molecule has 0 bridgehead atoms. The first-order valence-corrected chi connectivity index (χ1v) is 10.6. The smallest absolute Gasteiger partial charge is 0.368 e. The van der Waals surface area contributed by atoms with Gasteiger partial charge in [0.2, 0.25) is 0 Å². The summed E-state index contributed by atoms with van der Waals surface area (Å²) in [6.07, 6.45) is -3.27. The van der Waals surface area contributed by atoms with Crippen LogP contribution in [0.2, 0.25) is 0 Å². The zero-order valence-corrected chi connectivity index (χ0v) is 18.0. The molecule has 0 unspecified atom stereocenters. The highest BCUT2D eigenvalue weighted by Crippen LogP contribution is 2.42. The Morgan fingerprint density at radius 1 is 1.19 bits per heavy atom. The van der Waals surface area contributed by atoms with Crippen LogP contribution in [0.5, 0.6) is 0 Å². The second-order valence-electron chi connectivity index (χ2n) is 8.73. The van der Waals surface area contributed by atoms with Crippen molar-refractivity contribution in [2.75, 3.05) is 33.8 Å². The van der Waals surface area contributed by atoms with Crippen LogP contribution >= 0.6 is 0 Å². The van der Waals surface area contributed by atoms with E-state index in [0.717, 1.165) is 17.1 Å². The number of hydrogen-bond donors (Lipinski definition) is 0. The van der Waals surface area contributed by atoms with Gasteiger partial charge in [0.05, 0.1) is 30.5 Å². The topological polar surface area (TPSA) is 63.0 Å². The normalized spacial score (nSPS) is 25.1. The van der Waals surface area contributed by atoms with Crippen LogP contribution in [0.1, 0.15) is 54.8 Å². The van der Waals surface area contributed by atoms with Crippen molar-refractivity contribution in [3.63, 3.8) is 0 Å². The molecule has 0 spiro atoms. The van der Waals surface area contributed by atoms with Crippen molar-refractivity contribution in [2.24, 2.45) is 5.92 Å². The molecule has 4 rings (SSSR count). The van der Waals surface area contributed by atoms with E-state index in [2.05, 4.69) is 4.98 Å². The summed E-state index contributed by atoms with van der Waals surface area (Å²) in [5, 5.41) is 4.72. The van der Waals surface area contributed by atoms with Crippen LogP contribution in [0, 0.1) is 12.8 Å². The van der Waals surface area contributed by atoms with E-state index in [9.17, 15) is 18.0 Å². The molecule has 3 heterocycles. The SMILES string of the molecule is Cc1cc([C@H]2CN(C(=O)N(C)C)CCO2)n2nc(C3CCC(C(F)(F)F)CC3)cc2n1. The van der Waals surface area contributed by atoms with Gasteiger partial charge in [0.1, 0.15) is 6.10 Å². The van der Waals surface area contributed by atoms with Gasteiger partial charge in [-0.1, -0.05) is 0 Å². The van der Waals surface area contributed by atoms with Crippen LogP contribution in [-0.4, -0.2) is 70.4 Å². The first-order valence-electron chi connectivity index (χ1n) is 10.6. The van der Waals surface area contributed by atoms with E-state index in [1.165, 1.54) is 0 Å². The van der Waals surface area contributed by atoms with E-state index >= 15 is 0 Å². The van der Waals surface area contributed by atoms with Crippen molar-refractivity contribution in [1.29, 1.82) is 0 Å². The quantitative estimate of drug-likeness (QED) is 0.712. The third kappa shape index (κ3) is 4.49. The standard InChI is InChI=1S/C21H28F3N5O2/c1-13-10-17(18-12-28(8-9-31-18)20(30)27(2)3)29-19(25-13)11-16(26-29)14-4-6-15(7-5-14)21(22,23)24/h10-11,14-15,18H,4-9,12H2,1-3H3/t14?,15?,18-/m1/s1. The van der Waals surface area contributed by atoms with Gasteiger partial charge in [0.25, 0.3) is 0 Å². The van der Waals surface area contributed by atoms with Gasteiger partial charge in [-0.3, -0.25) is 0 Å². The molecule has 2 fully saturated rings. The van der Waals surface area contributed by atoms with E-state index < -0.39 is 12.1 Å². The summed E-state index contributed by atoms with van der Waals surface area (Å²) in [6.45, 7) is 3.23. The van der Waals surface area contributed by atoms with E-state index in [4.69, 9.17) is 9.84 Å². The molecule has 7 nitrogen and oxygen atoms in total. The lowest BCUT2D eigenvalue weighted by Gasteiger charge is -2.34. The van der Waals surface area contributed by atoms with Crippen molar-refractivity contribution >= 4 is 11.7 Å². The summed E-state index contributed by atoms with van der Waals surface area (Å²) in [7, 11) is 3.43. The number of nitrogens with zero attached hydrogens (tertiary/aromatic N) is 5. The number of urea groups is 1. The lowest BCUT2D eigenvalue weighted by molar-refractivity contribution is -0.182. The average Bonchev–Trinajstić information content (AvgIpc) is 3.16. The van der Waals surface area contributed by atoms with E-state index in [-0.39, 0.29) is 30.9 Å². The number of amides is 2. The molecule has 2 aromatic rings. The maximum Gasteiger partial charge on any atom is 0.391 e. The van der Waals surface area contributed by atoms with Crippen LogP contribution in [0.15, 0.2) is 12.1 Å². The number of hydrogen-bond acceptors (Lipinski definition) is 4. The fraction of sp³-hybridized carbons (Fsp3) is 0.667. The minimum atomic E-state index is -4.12. The van der Waals surface area contributed by atoms with Crippen LogP contribution in [0.3, 0.4) is 0 Å². The van der Waals surface area contributed by atoms with E-state index in [1.807, 2.05) is 19.1 Å². The Bertz CT molecular complexity index is 950. The van der Waals surface area contributed by atoms with Gasteiger partial charge >= 0.3 is 12.2 Å². The molecule has 1 aliphatic carbocycles. The molecule has 1 saturated heterocycles. The van der Waals surface area contributed by atoms with Crippen LogP contribution in [0.4, 0.5) is 18.0 Å². The Labute approximate surface area is 179 Å². The summed E-state index contributed by atoms with van der Waals surface area (Å²) in [5.41, 5.74) is 3.03. The number of carbonyl (C=O) groups is 1. The molecule has 0 N–H and O–H groups in total. The third-order valence-corrected chi connectivity index (χ3v) is 6.26. The fourth-order valence-electron chi connectivity index (χ4n) is 4.58. The fourth-order valence-corrected chi connectivity index (χ4v) is 4.58. The van der Waals surface area contributed by atoms with Crippen molar-refractivity contribution in [3.05, 3.63) is 29.2 Å². The summed E-state index contributed by atoms with van der Waals surface area (Å²) in [6, 6.07) is 3.71. The highest BCUT2D eigenvalue weighted by Gasteiger charge is 2.42. The number of alkyl halides is 3. The number of aryl methyl sites for hydroxylation is 1. The largest absolute Gasteiger partial charge is 0.391 e. The maximum atomic E-state index is 13.0. The molecule has 0 aromatic carbocycles. The summed E-state index contributed by atoms with van der Waals surface area (Å²) in [5.74, 6) is -1.22. The zero-order chi connectivity index (χ0) is 22.3. The highest BCUT2D eigenvalue weighted by molar-refractivity contribution is 5.74. The number of morpholine rings is 1. The number of rotatable bonds is 2. The van der Waals surface area contributed by atoms with E-state index in [1.54, 1.807) is 28.4 Å². The van der Waals surface area contributed by atoms with Crippen molar-refractivity contribution in [2.45, 2.75) is 50.8 Å². The first-order chi connectivity index (χ1) is 14.6. The predicted molar refractivity (Wildman–Crippen MR) is 108 cm³/mol. The molecule has 170 valence electrons. The van der Waals surface area contributed by atoms with Crippen molar-refractivity contribution < 1.29 is 22.7 Å². The monoisotopic (exact) mass is 439 g/mol. The minimum Gasteiger partial charge on any atom is -0.368 e. The Hall–Kier alpha value is -2.36. The zero-order valence-electron chi connectivity index (χ0n) is 18.0. The van der Waals surface area contributed by atoms with Gasteiger partial charge < -0.3 is 14.5 Å². The Kier molecular flexibility index (Phi) is 5.85. The van der Waals surface area contributed by atoms with Gasteiger partial charge in [0, 0.05) is 38.3 Å². The van der Waals surface area contributed by atoms with Gasteiger partial charge in [-0.05, 0) is 38.7 Å². The molecular weight excluding hydrogens is 411 g/mol. The average molecular weight is 439 g/mol. The molecule has 1 saturated carbocycles. The first kappa shape index (κ1) is 21.9. The van der Waals surface area contributed by atoms with Gasteiger partial charge in [-0.15, -0.1) is 0 Å². The lowest BCUT2D eigenvalue weighted by atomic mass is 9.80. The van der Waals surface area contributed by atoms with Crippen LogP contribution in [0.25, 0.3) is 5.65 Å². The Morgan fingerprint density at radius 3 is 2.55 bits per heavy atom. The van der Waals surface area contributed by atoms with Crippen molar-refractivity contribution in [1.82, 2.24) is 24.4 Å². The van der Waals surface area contributed by atoms with Crippen molar-refractivity contribution in [3.8, 4) is 0 Å². The molecule has 2 aromatic heterocycles. The molecule has 2 amide bonds. The Balaban J connectivity index is 1.58. The summed E-state index contributed by atoms with van der Waals surface area (Å²) < 4.78 is 46.7. The Morgan fingerprint density at radius 2 is 1.90 bits per heavy atom. The third-order valence-electron chi connectivity index (χ3n) is 6.26. The summed E-state index contributed by atoms with van der Waals surface area (Å²) in [4.78, 5) is 20.2. The molecule has 31 heavy (non-hydrogen) atoms. The van der Waals surface area contributed by atoms with Crippen LogP contribution in [-0.2, 0) is 4.74 Å². The number of fused-ring (bicyclic) bond motifs is 1.